The van der Waals surface area contributed by atoms with E-state index in [4.69, 9.17) is 19.3 Å². The molecule has 0 spiro atoms. The van der Waals surface area contributed by atoms with Gasteiger partial charge >= 0.3 is 12.1 Å². The highest BCUT2D eigenvalue weighted by atomic mass is 16.9. The summed E-state index contributed by atoms with van der Waals surface area (Å²) in [5.74, 6) is -0.128. The summed E-state index contributed by atoms with van der Waals surface area (Å²) in [7, 11) is 2.88. The van der Waals surface area contributed by atoms with Crippen molar-refractivity contribution in [3.05, 3.63) is 18.2 Å². The molecule has 3 N–H and O–H groups in total. The maximum atomic E-state index is 9.57. The number of rotatable bonds is 3. The van der Waals surface area contributed by atoms with Gasteiger partial charge < -0.3 is 29.7 Å². The van der Waals surface area contributed by atoms with Crippen LogP contribution in [-0.2, 0) is 4.74 Å². The molecule has 0 aromatic heterocycles. The Hall–Kier alpha value is -2.15. The topological polar surface area (TPSA) is 97.3 Å². The van der Waals surface area contributed by atoms with Crippen LogP contribution in [0.3, 0.4) is 0 Å². The zero-order valence-corrected chi connectivity index (χ0v) is 11.7. The van der Waals surface area contributed by atoms with Crippen LogP contribution in [-0.4, -0.2) is 36.4 Å². The van der Waals surface area contributed by atoms with Crippen LogP contribution in [0.4, 0.5) is 4.79 Å². The third-order valence-electron chi connectivity index (χ3n) is 2.56. The first-order chi connectivity index (χ1) is 9.48. The van der Waals surface area contributed by atoms with Crippen molar-refractivity contribution in [2.45, 2.75) is 25.7 Å². The molecule has 1 unspecified atom stereocenters. The molecule has 20 heavy (non-hydrogen) atoms. The molecule has 7 heteroatoms. The van der Waals surface area contributed by atoms with Crippen LogP contribution in [0.15, 0.2) is 18.2 Å². The average Bonchev–Trinajstić information content (AvgIpc) is 2.80. The highest BCUT2D eigenvalue weighted by Gasteiger charge is 2.42. The van der Waals surface area contributed by atoms with Crippen molar-refractivity contribution in [3.8, 4) is 17.2 Å². The number of methoxy groups -OCH3 is 1. The van der Waals surface area contributed by atoms with Crippen LogP contribution < -0.4 is 14.8 Å². The fraction of sp³-hybridized carbons (Fsp3) is 0.462. The van der Waals surface area contributed by atoms with Crippen molar-refractivity contribution >= 4 is 6.09 Å². The van der Waals surface area contributed by atoms with Crippen molar-refractivity contribution in [1.29, 1.82) is 0 Å². The number of ether oxygens (including phenoxy) is 3. The molecule has 0 saturated carbocycles. The molecule has 0 radical (unpaired) electrons. The monoisotopic (exact) mass is 285 g/mol. The van der Waals surface area contributed by atoms with Gasteiger partial charge in [0.1, 0.15) is 0 Å². The molecule has 1 atom stereocenters. The van der Waals surface area contributed by atoms with E-state index in [1.54, 1.807) is 18.2 Å². The molecule has 2 rings (SSSR count). The Morgan fingerprint density at radius 1 is 1.45 bits per heavy atom. The van der Waals surface area contributed by atoms with Crippen molar-refractivity contribution in [3.63, 3.8) is 0 Å². The average molecular weight is 285 g/mol. The quantitative estimate of drug-likeness (QED) is 0.787. The molecule has 1 aliphatic heterocycles. The van der Waals surface area contributed by atoms with Crippen LogP contribution >= 0.6 is 0 Å². The molecule has 0 bridgehead atoms. The fourth-order valence-electron chi connectivity index (χ4n) is 1.62. The van der Waals surface area contributed by atoms with Crippen molar-refractivity contribution in [2.75, 3.05) is 14.2 Å². The lowest BCUT2D eigenvalue weighted by atomic mass is 10.3. The lowest BCUT2D eigenvalue weighted by molar-refractivity contribution is -0.272. The normalized spacial score (nSPS) is 18.9. The Balaban J connectivity index is 0.000000347. The third-order valence-corrected chi connectivity index (χ3v) is 2.56. The summed E-state index contributed by atoms with van der Waals surface area (Å²) >= 11 is 0. The number of phenolic OH excluding ortho intramolecular Hbond substituents is 1. The Morgan fingerprint density at radius 2 is 2.10 bits per heavy atom. The second-order valence-electron chi connectivity index (χ2n) is 4.00. The van der Waals surface area contributed by atoms with Gasteiger partial charge in [0.25, 0.3) is 0 Å². The van der Waals surface area contributed by atoms with E-state index in [2.05, 4.69) is 0 Å². The van der Waals surface area contributed by atoms with Crippen LogP contribution in [0.2, 0.25) is 0 Å². The van der Waals surface area contributed by atoms with Gasteiger partial charge in [-0.15, -0.1) is 0 Å². The maximum Gasteiger partial charge on any atom is 0.404 e. The van der Waals surface area contributed by atoms with E-state index in [1.807, 2.05) is 12.2 Å². The Morgan fingerprint density at radius 3 is 2.55 bits per heavy atom. The summed E-state index contributed by atoms with van der Waals surface area (Å²) < 4.78 is 16.3. The van der Waals surface area contributed by atoms with E-state index < -0.39 is 12.1 Å². The molecule has 7 nitrogen and oxygen atoms in total. The van der Waals surface area contributed by atoms with Gasteiger partial charge in [-0.1, -0.05) is 13.0 Å². The minimum atomic E-state index is -1.07. The number of carboxylic acid groups (broad SMARTS) is 1. The number of hydrogen-bond donors (Lipinski definition) is 3. The van der Waals surface area contributed by atoms with Gasteiger partial charge in [0.2, 0.25) is 5.75 Å². The predicted octanol–water partition coefficient (Wildman–Crippen LogP) is 2.15. The van der Waals surface area contributed by atoms with Gasteiger partial charge in [0, 0.05) is 14.2 Å². The summed E-state index contributed by atoms with van der Waals surface area (Å²) in [6.45, 7) is 2.01. The smallest absolute Gasteiger partial charge is 0.404 e. The lowest BCUT2D eigenvalue weighted by Gasteiger charge is -2.24. The van der Waals surface area contributed by atoms with Crippen molar-refractivity contribution in [1.82, 2.24) is 5.32 Å². The number of para-hydroxylation sites is 1. The molecule has 0 fully saturated rings. The van der Waals surface area contributed by atoms with Crippen molar-refractivity contribution < 1.29 is 29.2 Å². The highest BCUT2D eigenvalue weighted by Crippen LogP contribution is 2.46. The number of amides is 1. The number of benzene rings is 1. The van der Waals surface area contributed by atoms with Crippen LogP contribution in [0.25, 0.3) is 0 Å². The molecule has 1 amide bonds. The largest absolute Gasteiger partial charge is 0.504 e. The van der Waals surface area contributed by atoms with Crippen LogP contribution in [0, 0.1) is 0 Å². The number of nitrogens with one attached hydrogen (secondary N) is 1. The molecule has 0 saturated heterocycles. The molecule has 112 valence electrons. The van der Waals surface area contributed by atoms with Gasteiger partial charge in [-0.3, -0.25) is 0 Å². The van der Waals surface area contributed by atoms with Gasteiger partial charge in [0.15, 0.2) is 11.5 Å². The molecule has 0 aliphatic carbocycles. The van der Waals surface area contributed by atoms with Crippen LogP contribution in [0.5, 0.6) is 17.2 Å². The van der Waals surface area contributed by atoms with E-state index in [9.17, 15) is 9.90 Å². The number of carbonyl (C=O) groups is 1. The maximum absolute atomic E-state index is 9.57. The Bertz CT molecular complexity index is 464. The van der Waals surface area contributed by atoms with E-state index in [1.165, 1.54) is 14.2 Å². The molecule has 1 aliphatic rings. The first-order valence-electron chi connectivity index (χ1n) is 6.13. The van der Waals surface area contributed by atoms with Gasteiger partial charge in [0.05, 0.1) is 6.42 Å². The highest BCUT2D eigenvalue weighted by molar-refractivity contribution is 5.63. The molecular formula is C13H19NO6. The second-order valence-corrected chi connectivity index (χ2v) is 4.00. The zero-order chi connectivity index (χ0) is 15.2. The van der Waals surface area contributed by atoms with Gasteiger partial charge in [-0.2, -0.15) is 0 Å². The number of hydrogen-bond acceptors (Lipinski definition) is 5. The molecular weight excluding hydrogens is 266 g/mol. The minimum Gasteiger partial charge on any atom is -0.504 e. The van der Waals surface area contributed by atoms with E-state index in [0.717, 1.165) is 6.42 Å². The molecule has 1 heterocycles. The number of aromatic hydroxyl groups is 1. The second kappa shape index (κ2) is 6.85. The molecule has 1 aromatic rings. The summed E-state index contributed by atoms with van der Waals surface area (Å²) in [4.78, 5) is 9.26. The summed E-state index contributed by atoms with van der Waals surface area (Å²) in [5.41, 5.74) is 0. The third kappa shape index (κ3) is 3.67. The van der Waals surface area contributed by atoms with Crippen LogP contribution in [0.1, 0.15) is 19.8 Å². The summed E-state index contributed by atoms with van der Waals surface area (Å²) in [6, 6.07) is 5.00. The predicted molar refractivity (Wildman–Crippen MR) is 71.1 cm³/mol. The minimum absolute atomic E-state index is 0.0718. The first-order valence-corrected chi connectivity index (χ1v) is 6.13. The Kier molecular flexibility index (Phi) is 5.45. The fourth-order valence-corrected chi connectivity index (χ4v) is 1.62. The first kappa shape index (κ1) is 15.9. The number of fused-ring (bicyclic) bond motifs is 1. The van der Waals surface area contributed by atoms with Gasteiger partial charge in [-0.25, -0.2) is 4.79 Å². The van der Waals surface area contributed by atoms with E-state index in [-0.39, 0.29) is 5.75 Å². The zero-order valence-electron chi connectivity index (χ0n) is 11.7. The SMILES string of the molecule is CCCC1(OC)Oc2cccc(O)c2O1.CNC(=O)O. The standard InChI is InChI=1S/C11H14O4.C2H5NO2/c1-3-7-11(13-2)14-9-6-4-5-8(12)10(9)15-11;1-3-2(4)5/h4-6,12H,3,7H2,1-2H3;3H,1H3,(H,4,5). The van der Waals surface area contributed by atoms with E-state index >= 15 is 0 Å². The Labute approximate surface area is 117 Å². The number of phenols is 1. The van der Waals surface area contributed by atoms with Crippen molar-refractivity contribution in [2.24, 2.45) is 0 Å². The molecule has 1 aromatic carbocycles. The lowest BCUT2D eigenvalue weighted by Crippen LogP contribution is -2.40. The summed E-state index contributed by atoms with van der Waals surface area (Å²) in [5, 5.41) is 19.1. The summed E-state index contributed by atoms with van der Waals surface area (Å²) in [6.07, 6.45) is 0.477. The van der Waals surface area contributed by atoms with Gasteiger partial charge in [-0.05, 0) is 18.6 Å². The van der Waals surface area contributed by atoms with E-state index in [0.29, 0.717) is 17.9 Å².